The number of pyridine rings is 1. The first-order chi connectivity index (χ1) is 16.0. The van der Waals surface area contributed by atoms with Crippen LogP contribution in [0.15, 0.2) is 66.0 Å². The third kappa shape index (κ3) is 4.88. The number of aryl methyl sites for hydroxylation is 1. The molecule has 4 aromatic rings. The fourth-order valence-electron chi connectivity index (χ4n) is 3.56. The zero-order chi connectivity index (χ0) is 22.8. The van der Waals surface area contributed by atoms with Gasteiger partial charge in [0.2, 0.25) is 0 Å². The first-order valence-electron chi connectivity index (χ1n) is 10.6. The Morgan fingerprint density at radius 1 is 1.09 bits per heavy atom. The number of rotatable bonds is 6. The van der Waals surface area contributed by atoms with E-state index < -0.39 is 0 Å². The molecule has 0 spiro atoms. The van der Waals surface area contributed by atoms with Crippen LogP contribution in [0.1, 0.15) is 18.2 Å². The SMILES string of the molecule is Cc1ccc(Oc2ccc(Nc3ncnc4ccc(CC5=NC(C)CO5)cc34)cc2Cl)cn1. The second kappa shape index (κ2) is 9.03. The minimum absolute atomic E-state index is 0.208. The molecule has 5 rings (SSSR count). The molecule has 1 atom stereocenters. The molecule has 2 aromatic heterocycles. The van der Waals surface area contributed by atoms with E-state index in [4.69, 9.17) is 21.1 Å². The first-order valence-corrected chi connectivity index (χ1v) is 11.0. The Hall–Kier alpha value is -3.71. The predicted octanol–water partition coefficient (Wildman–Crippen LogP) is 5.88. The highest BCUT2D eigenvalue weighted by atomic mass is 35.5. The third-order valence-electron chi connectivity index (χ3n) is 5.22. The van der Waals surface area contributed by atoms with E-state index in [-0.39, 0.29) is 6.04 Å². The normalized spacial score (nSPS) is 15.2. The highest BCUT2D eigenvalue weighted by Crippen LogP contribution is 2.33. The number of aromatic nitrogens is 3. The smallest absolute Gasteiger partial charge is 0.188 e. The standard InChI is InChI=1S/C25H22ClN5O2/c1-15-3-6-19(12-27-15)33-23-8-5-18(11-21(23)26)31-25-20-9-17(4-7-22(20)28-14-29-25)10-24-30-16(2)13-32-24/h3-9,11-12,14,16H,10,13H2,1-2H3,(H,28,29,31). The van der Waals surface area contributed by atoms with Crippen LogP contribution in [0, 0.1) is 6.92 Å². The maximum Gasteiger partial charge on any atom is 0.188 e. The zero-order valence-electron chi connectivity index (χ0n) is 18.2. The molecule has 0 saturated carbocycles. The average Bonchev–Trinajstić information content (AvgIpc) is 3.22. The van der Waals surface area contributed by atoms with E-state index in [1.807, 2.05) is 50.2 Å². The number of halogens is 1. The molecule has 8 heteroatoms. The Bertz CT molecular complexity index is 1340. The van der Waals surface area contributed by atoms with E-state index in [0.717, 1.165) is 33.7 Å². The van der Waals surface area contributed by atoms with Gasteiger partial charge in [-0.15, -0.1) is 0 Å². The van der Waals surface area contributed by atoms with Gasteiger partial charge in [0, 0.05) is 23.2 Å². The molecule has 0 amide bonds. The number of nitrogens with one attached hydrogen (secondary N) is 1. The monoisotopic (exact) mass is 459 g/mol. The molecule has 3 heterocycles. The Labute approximate surface area is 196 Å². The topological polar surface area (TPSA) is 81.5 Å². The number of fused-ring (bicyclic) bond motifs is 1. The molecular formula is C25H22ClN5O2. The number of hydrogen-bond donors (Lipinski definition) is 1. The third-order valence-corrected chi connectivity index (χ3v) is 5.51. The van der Waals surface area contributed by atoms with Crippen molar-refractivity contribution < 1.29 is 9.47 Å². The van der Waals surface area contributed by atoms with Crippen LogP contribution in [0.5, 0.6) is 11.5 Å². The van der Waals surface area contributed by atoms with Crippen LogP contribution in [0.3, 0.4) is 0 Å². The number of hydrogen-bond acceptors (Lipinski definition) is 7. The molecular weight excluding hydrogens is 438 g/mol. The molecule has 1 N–H and O–H groups in total. The van der Waals surface area contributed by atoms with E-state index in [2.05, 4.69) is 31.3 Å². The quantitative estimate of drug-likeness (QED) is 0.387. The summed E-state index contributed by atoms with van der Waals surface area (Å²) < 4.78 is 11.5. The minimum Gasteiger partial charge on any atom is -0.478 e. The van der Waals surface area contributed by atoms with E-state index >= 15 is 0 Å². The van der Waals surface area contributed by atoms with Crippen LogP contribution in [-0.2, 0) is 11.2 Å². The zero-order valence-corrected chi connectivity index (χ0v) is 19.0. The molecule has 2 aromatic carbocycles. The molecule has 1 aliphatic heterocycles. The van der Waals surface area contributed by atoms with Gasteiger partial charge >= 0.3 is 0 Å². The highest BCUT2D eigenvalue weighted by molar-refractivity contribution is 6.32. The van der Waals surface area contributed by atoms with Crippen molar-refractivity contribution >= 4 is 39.9 Å². The van der Waals surface area contributed by atoms with Crippen molar-refractivity contribution in [1.82, 2.24) is 15.0 Å². The average molecular weight is 460 g/mol. The van der Waals surface area contributed by atoms with Crippen molar-refractivity contribution in [2.24, 2.45) is 4.99 Å². The Morgan fingerprint density at radius 3 is 2.76 bits per heavy atom. The van der Waals surface area contributed by atoms with E-state index in [1.165, 1.54) is 0 Å². The molecule has 0 aliphatic carbocycles. The molecule has 33 heavy (non-hydrogen) atoms. The number of nitrogens with zero attached hydrogens (tertiary/aromatic N) is 4. The van der Waals surface area contributed by atoms with Crippen LogP contribution < -0.4 is 10.1 Å². The van der Waals surface area contributed by atoms with Crippen molar-refractivity contribution in [3.05, 3.63) is 77.3 Å². The van der Waals surface area contributed by atoms with Gasteiger partial charge in [-0.3, -0.25) is 4.98 Å². The lowest BCUT2D eigenvalue weighted by atomic mass is 10.1. The summed E-state index contributed by atoms with van der Waals surface area (Å²) in [5, 5.41) is 4.73. The first kappa shape index (κ1) is 21.2. The van der Waals surface area contributed by atoms with E-state index in [9.17, 15) is 0 Å². The van der Waals surface area contributed by atoms with Gasteiger partial charge in [0.1, 0.15) is 30.3 Å². The van der Waals surface area contributed by atoms with Gasteiger partial charge < -0.3 is 14.8 Å². The highest BCUT2D eigenvalue weighted by Gasteiger charge is 2.15. The van der Waals surface area contributed by atoms with Gasteiger partial charge in [-0.2, -0.15) is 0 Å². The fourth-order valence-corrected chi connectivity index (χ4v) is 3.78. The Balaban J connectivity index is 1.38. The number of benzene rings is 2. The molecule has 0 fully saturated rings. The summed E-state index contributed by atoms with van der Waals surface area (Å²) in [7, 11) is 0. The summed E-state index contributed by atoms with van der Waals surface area (Å²) >= 11 is 6.48. The van der Waals surface area contributed by atoms with Crippen molar-refractivity contribution in [3.63, 3.8) is 0 Å². The summed E-state index contributed by atoms with van der Waals surface area (Å²) in [6, 6.07) is 15.6. The molecule has 1 unspecified atom stereocenters. The van der Waals surface area contributed by atoms with Crippen molar-refractivity contribution in [1.29, 1.82) is 0 Å². The lowest BCUT2D eigenvalue weighted by Crippen LogP contribution is -2.04. The van der Waals surface area contributed by atoms with Crippen LogP contribution in [0.4, 0.5) is 11.5 Å². The van der Waals surface area contributed by atoms with Crippen molar-refractivity contribution in [2.75, 3.05) is 11.9 Å². The van der Waals surface area contributed by atoms with Crippen LogP contribution in [0.2, 0.25) is 5.02 Å². The van der Waals surface area contributed by atoms with Crippen LogP contribution in [-0.4, -0.2) is 33.5 Å². The Morgan fingerprint density at radius 2 is 2.00 bits per heavy atom. The molecule has 0 saturated heterocycles. The largest absolute Gasteiger partial charge is 0.478 e. The summed E-state index contributed by atoms with van der Waals surface area (Å²) in [5.74, 6) is 2.63. The van der Waals surface area contributed by atoms with Crippen LogP contribution in [0.25, 0.3) is 10.9 Å². The second-order valence-electron chi connectivity index (χ2n) is 7.94. The van der Waals surface area contributed by atoms with Crippen LogP contribution >= 0.6 is 11.6 Å². The summed E-state index contributed by atoms with van der Waals surface area (Å²) in [5.41, 5.74) is 3.64. The summed E-state index contributed by atoms with van der Waals surface area (Å²) in [4.78, 5) is 17.6. The molecule has 166 valence electrons. The number of ether oxygens (including phenoxy) is 2. The second-order valence-corrected chi connectivity index (χ2v) is 8.35. The minimum atomic E-state index is 0.208. The van der Waals surface area contributed by atoms with Gasteiger partial charge in [-0.05, 0) is 61.9 Å². The maximum atomic E-state index is 6.48. The van der Waals surface area contributed by atoms with Gasteiger partial charge in [0.05, 0.1) is 22.8 Å². The van der Waals surface area contributed by atoms with E-state index in [1.54, 1.807) is 18.6 Å². The van der Waals surface area contributed by atoms with Crippen molar-refractivity contribution in [3.8, 4) is 11.5 Å². The van der Waals surface area contributed by atoms with Crippen molar-refractivity contribution in [2.45, 2.75) is 26.3 Å². The lowest BCUT2D eigenvalue weighted by Gasteiger charge is -2.12. The molecule has 7 nitrogen and oxygen atoms in total. The van der Waals surface area contributed by atoms with Gasteiger partial charge in [0.15, 0.2) is 5.90 Å². The lowest BCUT2D eigenvalue weighted by molar-refractivity contribution is 0.318. The molecule has 0 bridgehead atoms. The number of aliphatic imine (C=N–C) groups is 1. The predicted molar refractivity (Wildman–Crippen MR) is 130 cm³/mol. The Kier molecular flexibility index (Phi) is 5.79. The summed E-state index contributed by atoms with van der Waals surface area (Å²) in [6.07, 6.45) is 3.85. The fraction of sp³-hybridized carbons (Fsp3) is 0.200. The maximum absolute atomic E-state index is 6.48. The van der Waals surface area contributed by atoms with E-state index in [0.29, 0.717) is 35.4 Å². The number of anilines is 2. The van der Waals surface area contributed by atoms with Gasteiger partial charge in [-0.25, -0.2) is 15.0 Å². The van der Waals surface area contributed by atoms with Gasteiger partial charge in [0.25, 0.3) is 0 Å². The molecule has 1 aliphatic rings. The molecule has 0 radical (unpaired) electrons. The summed E-state index contributed by atoms with van der Waals surface area (Å²) in [6.45, 7) is 4.61. The van der Waals surface area contributed by atoms with Gasteiger partial charge in [-0.1, -0.05) is 17.7 Å².